The SMILES string of the molecule is CCNCC(C)Cc1c(C)nn(Cc2ccccc2)c1C. The van der Waals surface area contributed by atoms with Gasteiger partial charge in [0.2, 0.25) is 0 Å². The highest BCUT2D eigenvalue weighted by Crippen LogP contribution is 2.18. The molecule has 2 aromatic rings. The number of nitrogens with one attached hydrogen (secondary N) is 1. The third-order valence-corrected chi connectivity index (χ3v) is 4.00. The molecule has 0 amide bonds. The third-order valence-electron chi connectivity index (χ3n) is 4.00. The fourth-order valence-electron chi connectivity index (χ4n) is 2.75. The molecule has 1 unspecified atom stereocenters. The zero-order chi connectivity index (χ0) is 15.2. The normalized spacial score (nSPS) is 12.6. The molecule has 0 saturated carbocycles. The molecule has 1 heterocycles. The van der Waals surface area contributed by atoms with Gasteiger partial charge in [-0.1, -0.05) is 44.2 Å². The van der Waals surface area contributed by atoms with Gasteiger partial charge in [-0.25, -0.2) is 0 Å². The number of benzene rings is 1. The summed E-state index contributed by atoms with van der Waals surface area (Å²) in [5.74, 6) is 0.636. The van der Waals surface area contributed by atoms with E-state index in [4.69, 9.17) is 5.10 Å². The smallest absolute Gasteiger partial charge is 0.0662 e. The van der Waals surface area contributed by atoms with Crippen LogP contribution in [0.1, 0.15) is 36.4 Å². The van der Waals surface area contributed by atoms with Crippen molar-refractivity contribution < 1.29 is 0 Å². The molecule has 0 aliphatic carbocycles. The minimum Gasteiger partial charge on any atom is -0.317 e. The van der Waals surface area contributed by atoms with Crippen molar-refractivity contribution in [3.05, 3.63) is 52.8 Å². The van der Waals surface area contributed by atoms with E-state index in [0.717, 1.165) is 26.1 Å². The van der Waals surface area contributed by atoms with Gasteiger partial charge in [-0.2, -0.15) is 5.10 Å². The van der Waals surface area contributed by atoms with Crippen LogP contribution in [0.3, 0.4) is 0 Å². The number of nitrogens with zero attached hydrogens (tertiary/aromatic N) is 2. The lowest BCUT2D eigenvalue weighted by Crippen LogP contribution is -2.22. The lowest BCUT2D eigenvalue weighted by molar-refractivity contribution is 0.519. The molecule has 114 valence electrons. The van der Waals surface area contributed by atoms with E-state index < -0.39 is 0 Å². The fourth-order valence-corrected chi connectivity index (χ4v) is 2.75. The first-order valence-corrected chi connectivity index (χ1v) is 7.89. The van der Waals surface area contributed by atoms with Gasteiger partial charge in [-0.3, -0.25) is 4.68 Å². The van der Waals surface area contributed by atoms with E-state index in [2.05, 4.69) is 68.0 Å². The molecule has 1 aromatic heterocycles. The van der Waals surface area contributed by atoms with Gasteiger partial charge in [0.25, 0.3) is 0 Å². The van der Waals surface area contributed by atoms with Gasteiger partial charge in [0.05, 0.1) is 12.2 Å². The van der Waals surface area contributed by atoms with Gasteiger partial charge in [0.15, 0.2) is 0 Å². The van der Waals surface area contributed by atoms with Crippen LogP contribution >= 0.6 is 0 Å². The van der Waals surface area contributed by atoms with Crippen LogP contribution in [0.15, 0.2) is 30.3 Å². The molecular weight excluding hydrogens is 258 g/mol. The van der Waals surface area contributed by atoms with E-state index in [1.54, 1.807) is 0 Å². The maximum atomic E-state index is 4.74. The molecule has 0 spiro atoms. The minimum absolute atomic E-state index is 0.636. The van der Waals surface area contributed by atoms with Crippen LogP contribution in [0, 0.1) is 19.8 Å². The molecule has 0 fully saturated rings. The number of hydrogen-bond acceptors (Lipinski definition) is 2. The van der Waals surface area contributed by atoms with E-state index in [1.165, 1.54) is 22.5 Å². The Bertz CT molecular complexity index is 557. The molecule has 1 aromatic carbocycles. The van der Waals surface area contributed by atoms with E-state index in [1.807, 2.05) is 0 Å². The predicted octanol–water partition coefficient (Wildman–Crippen LogP) is 3.34. The first-order chi connectivity index (χ1) is 10.1. The molecule has 0 bridgehead atoms. The summed E-state index contributed by atoms with van der Waals surface area (Å²) in [5.41, 5.74) is 5.19. The second-order valence-corrected chi connectivity index (χ2v) is 5.91. The summed E-state index contributed by atoms with van der Waals surface area (Å²) in [6.07, 6.45) is 1.10. The van der Waals surface area contributed by atoms with Crippen LogP contribution in [0.4, 0.5) is 0 Å². The van der Waals surface area contributed by atoms with Crippen molar-refractivity contribution in [2.75, 3.05) is 13.1 Å². The molecule has 0 aliphatic rings. The summed E-state index contributed by atoms with van der Waals surface area (Å²) in [5, 5.41) is 8.16. The Morgan fingerprint density at radius 1 is 1.19 bits per heavy atom. The standard InChI is InChI=1S/C18H27N3/c1-5-19-12-14(2)11-18-15(3)20-21(16(18)4)13-17-9-7-6-8-10-17/h6-10,14,19H,5,11-13H2,1-4H3. The average Bonchev–Trinajstić information content (AvgIpc) is 2.74. The number of aromatic nitrogens is 2. The number of rotatable bonds is 7. The monoisotopic (exact) mass is 285 g/mol. The molecule has 0 saturated heterocycles. The maximum absolute atomic E-state index is 4.74. The van der Waals surface area contributed by atoms with Crippen molar-refractivity contribution >= 4 is 0 Å². The van der Waals surface area contributed by atoms with Crippen LogP contribution in [-0.2, 0) is 13.0 Å². The van der Waals surface area contributed by atoms with E-state index in [0.29, 0.717) is 5.92 Å². The van der Waals surface area contributed by atoms with Crippen LogP contribution in [0.5, 0.6) is 0 Å². The van der Waals surface area contributed by atoms with E-state index in [-0.39, 0.29) is 0 Å². The Balaban J connectivity index is 2.10. The highest BCUT2D eigenvalue weighted by atomic mass is 15.3. The van der Waals surface area contributed by atoms with Crippen LogP contribution in [0.25, 0.3) is 0 Å². The summed E-state index contributed by atoms with van der Waals surface area (Å²) in [6.45, 7) is 11.7. The van der Waals surface area contributed by atoms with Gasteiger partial charge in [0.1, 0.15) is 0 Å². The Hall–Kier alpha value is -1.61. The van der Waals surface area contributed by atoms with E-state index >= 15 is 0 Å². The summed E-state index contributed by atoms with van der Waals surface area (Å²) >= 11 is 0. The maximum Gasteiger partial charge on any atom is 0.0662 e. The van der Waals surface area contributed by atoms with Gasteiger partial charge < -0.3 is 5.32 Å². The van der Waals surface area contributed by atoms with Crippen LogP contribution in [0.2, 0.25) is 0 Å². The van der Waals surface area contributed by atoms with Crippen molar-refractivity contribution in [3.63, 3.8) is 0 Å². The lowest BCUT2D eigenvalue weighted by Gasteiger charge is -2.12. The van der Waals surface area contributed by atoms with Gasteiger partial charge in [0, 0.05) is 5.69 Å². The van der Waals surface area contributed by atoms with E-state index in [9.17, 15) is 0 Å². The summed E-state index contributed by atoms with van der Waals surface area (Å²) < 4.78 is 2.14. The quantitative estimate of drug-likeness (QED) is 0.845. The topological polar surface area (TPSA) is 29.9 Å². The van der Waals surface area contributed by atoms with Crippen molar-refractivity contribution in [3.8, 4) is 0 Å². The fraction of sp³-hybridized carbons (Fsp3) is 0.500. The van der Waals surface area contributed by atoms with Crippen molar-refractivity contribution in [2.45, 2.75) is 40.7 Å². The molecule has 3 heteroatoms. The second-order valence-electron chi connectivity index (χ2n) is 5.91. The summed E-state index contributed by atoms with van der Waals surface area (Å²) in [6, 6.07) is 10.5. The van der Waals surface area contributed by atoms with Crippen LogP contribution < -0.4 is 5.32 Å². The molecular formula is C18H27N3. The third kappa shape index (κ3) is 4.18. The molecule has 0 radical (unpaired) electrons. The molecule has 21 heavy (non-hydrogen) atoms. The zero-order valence-corrected chi connectivity index (χ0v) is 13.7. The average molecular weight is 285 g/mol. The Morgan fingerprint density at radius 2 is 1.90 bits per heavy atom. The van der Waals surface area contributed by atoms with Gasteiger partial charge in [-0.15, -0.1) is 0 Å². The molecule has 0 aliphatic heterocycles. The zero-order valence-electron chi connectivity index (χ0n) is 13.7. The van der Waals surface area contributed by atoms with Crippen molar-refractivity contribution in [1.82, 2.24) is 15.1 Å². The minimum atomic E-state index is 0.636. The Kier molecular flexibility index (Phi) is 5.57. The Morgan fingerprint density at radius 3 is 2.57 bits per heavy atom. The lowest BCUT2D eigenvalue weighted by atomic mass is 9.99. The summed E-state index contributed by atoms with van der Waals surface area (Å²) in [4.78, 5) is 0. The molecule has 2 rings (SSSR count). The predicted molar refractivity (Wildman–Crippen MR) is 88.7 cm³/mol. The first-order valence-electron chi connectivity index (χ1n) is 7.89. The largest absolute Gasteiger partial charge is 0.317 e. The van der Waals surface area contributed by atoms with Gasteiger partial charge in [-0.05, 0) is 50.4 Å². The summed E-state index contributed by atoms with van der Waals surface area (Å²) in [7, 11) is 0. The van der Waals surface area contributed by atoms with Crippen LogP contribution in [-0.4, -0.2) is 22.9 Å². The molecule has 3 nitrogen and oxygen atoms in total. The molecule has 1 N–H and O–H groups in total. The highest BCUT2D eigenvalue weighted by molar-refractivity contribution is 5.26. The highest BCUT2D eigenvalue weighted by Gasteiger charge is 2.14. The van der Waals surface area contributed by atoms with Crippen molar-refractivity contribution in [2.24, 2.45) is 5.92 Å². The number of aryl methyl sites for hydroxylation is 1. The number of hydrogen-bond donors (Lipinski definition) is 1. The first kappa shape index (κ1) is 15.8. The Labute approximate surface area is 128 Å². The van der Waals surface area contributed by atoms with Gasteiger partial charge >= 0.3 is 0 Å². The van der Waals surface area contributed by atoms with Crippen molar-refractivity contribution in [1.29, 1.82) is 0 Å². The molecule has 1 atom stereocenters. The second kappa shape index (κ2) is 7.41.